The first kappa shape index (κ1) is 14.1. The van der Waals surface area contributed by atoms with Crippen LogP contribution >= 0.6 is 0 Å². The van der Waals surface area contributed by atoms with E-state index in [0.717, 1.165) is 32.4 Å². The lowest BCUT2D eigenvalue weighted by atomic mass is 9.96. The second-order valence-electron chi connectivity index (χ2n) is 5.29. The lowest BCUT2D eigenvalue weighted by Gasteiger charge is -2.39. The zero-order chi connectivity index (χ0) is 13.8. The normalized spacial score (nSPS) is 22.3. The van der Waals surface area contributed by atoms with Crippen molar-refractivity contribution in [2.45, 2.75) is 58.2 Å². The van der Waals surface area contributed by atoms with Crippen LogP contribution in [0.4, 0.5) is 0 Å². The molecule has 2 unspecified atom stereocenters. The molecule has 2 heterocycles. The van der Waals surface area contributed by atoms with Crippen LogP contribution in [0.15, 0.2) is 12.4 Å². The third-order valence-electron chi connectivity index (χ3n) is 4.04. The van der Waals surface area contributed by atoms with Crippen molar-refractivity contribution in [1.29, 1.82) is 0 Å². The van der Waals surface area contributed by atoms with E-state index in [-0.39, 0.29) is 18.5 Å². The van der Waals surface area contributed by atoms with Crippen molar-refractivity contribution in [3.63, 3.8) is 0 Å². The molecule has 1 N–H and O–H groups in total. The predicted molar refractivity (Wildman–Crippen MR) is 72.9 cm³/mol. The summed E-state index contributed by atoms with van der Waals surface area (Å²) in [6.07, 6.45) is 7.49. The molecule has 0 saturated carbocycles. The van der Waals surface area contributed by atoms with Gasteiger partial charge in [-0.05, 0) is 33.2 Å². The maximum atomic E-state index is 11.0. The minimum atomic E-state index is -0.701. The Morgan fingerprint density at radius 3 is 3.00 bits per heavy atom. The van der Waals surface area contributed by atoms with Gasteiger partial charge in [-0.1, -0.05) is 6.42 Å². The van der Waals surface area contributed by atoms with Gasteiger partial charge in [0.2, 0.25) is 0 Å². The minimum Gasteiger partial charge on any atom is -0.481 e. The summed E-state index contributed by atoms with van der Waals surface area (Å²) in [5.41, 5.74) is 1.18. The van der Waals surface area contributed by atoms with Crippen LogP contribution < -0.4 is 0 Å². The summed E-state index contributed by atoms with van der Waals surface area (Å²) in [5, 5.41) is 13.3. The second-order valence-corrected chi connectivity index (χ2v) is 5.29. The second kappa shape index (κ2) is 6.19. The van der Waals surface area contributed by atoms with E-state index in [4.69, 9.17) is 5.11 Å². The molecule has 0 aromatic carbocycles. The number of carboxylic acid groups (broad SMARTS) is 1. The zero-order valence-corrected chi connectivity index (χ0v) is 11.7. The Kier molecular flexibility index (Phi) is 4.58. The highest BCUT2D eigenvalue weighted by molar-refractivity contribution is 5.67. The van der Waals surface area contributed by atoms with Gasteiger partial charge in [0.15, 0.2) is 0 Å². The Bertz CT molecular complexity index is 430. The number of likely N-dealkylation sites (tertiary alicyclic amines) is 1. The molecule has 1 fully saturated rings. The molecule has 0 spiro atoms. The summed E-state index contributed by atoms with van der Waals surface area (Å²) < 4.78 is 1.92. The van der Waals surface area contributed by atoms with Gasteiger partial charge in [-0.25, -0.2) is 0 Å². The summed E-state index contributed by atoms with van der Waals surface area (Å²) in [4.78, 5) is 13.3. The van der Waals surface area contributed by atoms with Crippen molar-refractivity contribution < 1.29 is 9.90 Å². The third kappa shape index (κ3) is 3.35. The average Bonchev–Trinajstić information content (AvgIpc) is 2.86. The fourth-order valence-corrected chi connectivity index (χ4v) is 2.91. The van der Waals surface area contributed by atoms with E-state index in [1.54, 1.807) is 0 Å². The third-order valence-corrected chi connectivity index (χ3v) is 4.04. The van der Waals surface area contributed by atoms with Crippen LogP contribution in [0.3, 0.4) is 0 Å². The highest BCUT2D eigenvalue weighted by Crippen LogP contribution is 2.29. The van der Waals surface area contributed by atoms with E-state index in [1.165, 1.54) is 5.56 Å². The number of hydrogen-bond donors (Lipinski definition) is 1. The molecule has 106 valence electrons. The van der Waals surface area contributed by atoms with Crippen LogP contribution in [0.1, 0.15) is 51.1 Å². The Morgan fingerprint density at radius 2 is 2.37 bits per heavy atom. The molecule has 1 saturated heterocycles. The van der Waals surface area contributed by atoms with Crippen LogP contribution in [0.2, 0.25) is 0 Å². The number of carbonyl (C=O) groups is 1. The fourth-order valence-electron chi connectivity index (χ4n) is 2.91. The number of rotatable bonds is 5. The first-order chi connectivity index (χ1) is 9.11. The zero-order valence-electron chi connectivity index (χ0n) is 11.7. The van der Waals surface area contributed by atoms with Crippen molar-refractivity contribution in [1.82, 2.24) is 14.7 Å². The Balaban J connectivity index is 2.09. The monoisotopic (exact) mass is 265 g/mol. The number of aliphatic carboxylic acids is 1. The predicted octanol–water partition coefficient (Wildman–Crippen LogP) is 2.29. The van der Waals surface area contributed by atoms with Gasteiger partial charge in [0, 0.05) is 30.4 Å². The van der Waals surface area contributed by atoms with Crippen LogP contribution in [-0.2, 0) is 11.3 Å². The molecule has 2 atom stereocenters. The van der Waals surface area contributed by atoms with Gasteiger partial charge in [-0.15, -0.1) is 0 Å². The maximum Gasteiger partial charge on any atom is 0.304 e. The maximum absolute atomic E-state index is 11.0. The summed E-state index contributed by atoms with van der Waals surface area (Å²) in [6.45, 7) is 6.06. The highest BCUT2D eigenvalue weighted by Gasteiger charge is 2.29. The molecule has 1 aromatic rings. The molecule has 2 rings (SSSR count). The molecule has 19 heavy (non-hydrogen) atoms. The van der Waals surface area contributed by atoms with E-state index in [9.17, 15) is 4.79 Å². The van der Waals surface area contributed by atoms with Crippen molar-refractivity contribution in [3.8, 4) is 0 Å². The first-order valence-corrected chi connectivity index (χ1v) is 7.11. The van der Waals surface area contributed by atoms with Gasteiger partial charge in [-0.2, -0.15) is 5.10 Å². The summed E-state index contributed by atoms with van der Waals surface area (Å²) in [6, 6.07) is 0.399. The summed E-state index contributed by atoms with van der Waals surface area (Å²) in [7, 11) is 0. The minimum absolute atomic E-state index is 0.159. The lowest BCUT2D eigenvalue weighted by Crippen LogP contribution is -2.42. The SMILES string of the molecule is CCn1cc(C(C)N2CCCCC2CC(=O)O)cn1. The lowest BCUT2D eigenvalue weighted by molar-refractivity contribution is -0.139. The van der Waals surface area contributed by atoms with E-state index in [2.05, 4.69) is 30.0 Å². The topological polar surface area (TPSA) is 58.4 Å². The van der Waals surface area contributed by atoms with E-state index in [1.807, 2.05) is 10.9 Å². The number of aryl methyl sites for hydroxylation is 1. The molecule has 5 heteroatoms. The molecule has 0 bridgehead atoms. The molecule has 1 aromatic heterocycles. The number of carboxylic acids is 1. The Labute approximate surface area is 114 Å². The van der Waals surface area contributed by atoms with Crippen molar-refractivity contribution in [2.24, 2.45) is 0 Å². The van der Waals surface area contributed by atoms with Gasteiger partial charge >= 0.3 is 5.97 Å². The van der Waals surface area contributed by atoms with Gasteiger partial charge in [0.25, 0.3) is 0 Å². The number of hydrogen-bond acceptors (Lipinski definition) is 3. The van der Waals surface area contributed by atoms with Gasteiger partial charge in [0.1, 0.15) is 0 Å². The molecular formula is C14H23N3O2. The fraction of sp³-hybridized carbons (Fsp3) is 0.714. The molecule has 1 aliphatic heterocycles. The van der Waals surface area contributed by atoms with E-state index >= 15 is 0 Å². The first-order valence-electron chi connectivity index (χ1n) is 7.11. The van der Waals surface area contributed by atoms with Gasteiger partial charge < -0.3 is 5.11 Å². The smallest absolute Gasteiger partial charge is 0.304 e. The summed E-state index contributed by atoms with van der Waals surface area (Å²) >= 11 is 0. The Hall–Kier alpha value is -1.36. The van der Waals surface area contributed by atoms with E-state index < -0.39 is 5.97 Å². The molecule has 1 aliphatic rings. The number of piperidine rings is 1. The quantitative estimate of drug-likeness (QED) is 0.887. The number of aromatic nitrogens is 2. The van der Waals surface area contributed by atoms with Gasteiger partial charge in [0.05, 0.1) is 12.6 Å². The Morgan fingerprint density at radius 1 is 1.58 bits per heavy atom. The molecular weight excluding hydrogens is 242 g/mol. The van der Waals surface area contributed by atoms with E-state index in [0.29, 0.717) is 0 Å². The van der Waals surface area contributed by atoms with Crippen LogP contribution in [-0.4, -0.2) is 38.3 Å². The standard InChI is InChI=1S/C14H23N3O2/c1-3-16-10-12(9-15-16)11(2)17-7-5-4-6-13(17)8-14(18)19/h9-11,13H,3-8H2,1-2H3,(H,18,19). The molecule has 0 amide bonds. The van der Waals surface area contributed by atoms with Crippen molar-refractivity contribution in [3.05, 3.63) is 18.0 Å². The van der Waals surface area contributed by atoms with Crippen LogP contribution in [0, 0.1) is 0 Å². The summed E-state index contributed by atoms with van der Waals surface area (Å²) in [5.74, 6) is -0.701. The molecule has 0 radical (unpaired) electrons. The largest absolute Gasteiger partial charge is 0.481 e. The van der Waals surface area contributed by atoms with Crippen LogP contribution in [0.25, 0.3) is 0 Å². The van der Waals surface area contributed by atoms with Crippen molar-refractivity contribution >= 4 is 5.97 Å². The number of nitrogens with zero attached hydrogens (tertiary/aromatic N) is 3. The van der Waals surface area contributed by atoms with Crippen LogP contribution in [0.5, 0.6) is 0 Å². The van der Waals surface area contributed by atoms with Crippen molar-refractivity contribution in [2.75, 3.05) is 6.54 Å². The molecule has 0 aliphatic carbocycles. The molecule has 5 nitrogen and oxygen atoms in total. The average molecular weight is 265 g/mol. The van der Waals surface area contributed by atoms with Gasteiger partial charge in [-0.3, -0.25) is 14.4 Å². The highest BCUT2D eigenvalue weighted by atomic mass is 16.4.